The average molecular weight is 620 g/mol. The molecule has 0 saturated carbocycles. The zero-order valence-corrected chi connectivity index (χ0v) is 27.2. The van der Waals surface area contributed by atoms with Crippen LogP contribution in [0.2, 0.25) is 0 Å². The van der Waals surface area contributed by atoms with E-state index in [0.29, 0.717) is 17.9 Å². The summed E-state index contributed by atoms with van der Waals surface area (Å²) in [6.07, 6.45) is 2.18. The number of nitrogens with one attached hydrogen (secondary N) is 3. The molecule has 1 atom stereocenters. The minimum Gasteiger partial charge on any atom is -0.317 e. The second kappa shape index (κ2) is 13.0. The molecule has 1 aliphatic rings. The van der Waals surface area contributed by atoms with Crippen LogP contribution in [0.1, 0.15) is 61.9 Å². The Morgan fingerprint density at radius 1 is 0.978 bits per heavy atom. The van der Waals surface area contributed by atoms with Crippen molar-refractivity contribution in [3.63, 3.8) is 0 Å². The summed E-state index contributed by atoms with van der Waals surface area (Å²) in [6.45, 7) is 10.1. The van der Waals surface area contributed by atoms with Crippen LogP contribution >= 0.6 is 11.3 Å². The van der Waals surface area contributed by atoms with Gasteiger partial charge < -0.3 is 10.6 Å². The van der Waals surface area contributed by atoms with Gasteiger partial charge in [0, 0.05) is 34.2 Å². The summed E-state index contributed by atoms with van der Waals surface area (Å²) in [5.41, 5.74) is 5.27. The van der Waals surface area contributed by atoms with Crippen LogP contribution in [0.5, 0.6) is 0 Å². The molecule has 1 fully saturated rings. The van der Waals surface area contributed by atoms with Crippen molar-refractivity contribution >= 4 is 44.7 Å². The fourth-order valence-corrected chi connectivity index (χ4v) is 7.17. The van der Waals surface area contributed by atoms with Gasteiger partial charge in [0.15, 0.2) is 0 Å². The molecule has 1 saturated heterocycles. The minimum atomic E-state index is -0.378. The number of hydrogen-bond acceptors (Lipinski definition) is 5. The predicted octanol–water partition coefficient (Wildman–Crippen LogP) is 8.23. The number of fused-ring (bicyclic) bond motifs is 1. The molecular formula is C37H41N5O2S. The number of Topliss-reactive ketones (excluding diaryl/α,β-unsaturated/α-hetero) is 1. The van der Waals surface area contributed by atoms with Gasteiger partial charge in [0.05, 0.1) is 11.4 Å². The van der Waals surface area contributed by atoms with Crippen LogP contribution in [-0.4, -0.2) is 34.7 Å². The van der Waals surface area contributed by atoms with E-state index in [1.165, 1.54) is 4.70 Å². The number of anilines is 2. The lowest BCUT2D eigenvalue weighted by Crippen LogP contribution is -2.34. The standard InChI is InChI=1S/C37H41N5O2S/c1-24-13-15-27(16-14-24)42-34(22-33(41-42)37(2,3)4)40-36(44)39-30-11-7-5-10-29(30)35(25-17-19-38-20-18-25)31(43)21-26-23-45-32-12-8-6-9-28(26)32/h5-16,22-23,25,35,38H,17-21H2,1-4H3,(H2,39,40,44). The fraction of sp³-hybridized carbons (Fsp3) is 0.324. The molecule has 0 spiro atoms. The van der Waals surface area contributed by atoms with Crippen molar-refractivity contribution in [3.8, 4) is 5.69 Å². The van der Waals surface area contributed by atoms with E-state index in [0.717, 1.165) is 59.4 Å². The highest BCUT2D eigenvalue weighted by Gasteiger charge is 2.33. The topological polar surface area (TPSA) is 88.1 Å². The predicted molar refractivity (Wildman–Crippen MR) is 185 cm³/mol. The summed E-state index contributed by atoms with van der Waals surface area (Å²) >= 11 is 1.68. The maximum atomic E-state index is 14.2. The number of aromatic nitrogens is 2. The number of rotatable bonds is 8. The van der Waals surface area contributed by atoms with Crippen LogP contribution < -0.4 is 16.0 Å². The maximum absolute atomic E-state index is 14.2. The molecule has 0 aliphatic carbocycles. The van der Waals surface area contributed by atoms with E-state index < -0.39 is 0 Å². The summed E-state index contributed by atoms with van der Waals surface area (Å²) in [6, 6.07) is 25.6. The second-order valence-corrected chi connectivity index (χ2v) is 14.0. The monoisotopic (exact) mass is 619 g/mol. The zero-order chi connectivity index (χ0) is 31.6. The van der Waals surface area contributed by atoms with E-state index in [9.17, 15) is 9.59 Å². The maximum Gasteiger partial charge on any atom is 0.324 e. The van der Waals surface area contributed by atoms with Crippen molar-refractivity contribution < 1.29 is 9.59 Å². The molecule has 1 aliphatic heterocycles. The van der Waals surface area contributed by atoms with Crippen LogP contribution in [0.25, 0.3) is 15.8 Å². The molecule has 7 nitrogen and oxygen atoms in total. The summed E-state index contributed by atoms with van der Waals surface area (Å²) in [4.78, 5) is 27.9. The Bertz CT molecular complexity index is 1810. The lowest BCUT2D eigenvalue weighted by molar-refractivity contribution is -0.121. The normalized spacial score (nSPS) is 14.8. The molecule has 3 aromatic carbocycles. The van der Waals surface area contributed by atoms with Crippen LogP contribution in [0.15, 0.2) is 84.2 Å². The number of carbonyl (C=O) groups is 2. The Kier molecular flexibility index (Phi) is 8.88. The molecule has 3 heterocycles. The second-order valence-electron chi connectivity index (χ2n) is 13.0. The highest BCUT2D eigenvalue weighted by molar-refractivity contribution is 7.17. The molecule has 0 radical (unpaired) electrons. The molecule has 45 heavy (non-hydrogen) atoms. The largest absolute Gasteiger partial charge is 0.324 e. The van der Waals surface area contributed by atoms with E-state index in [2.05, 4.69) is 54.2 Å². The van der Waals surface area contributed by atoms with Crippen LogP contribution in [0.3, 0.4) is 0 Å². The zero-order valence-electron chi connectivity index (χ0n) is 26.4. The van der Waals surface area contributed by atoms with Crippen LogP contribution in [-0.2, 0) is 16.6 Å². The number of amides is 2. The fourth-order valence-electron chi connectivity index (χ4n) is 6.21. The van der Waals surface area contributed by atoms with Crippen LogP contribution in [0.4, 0.5) is 16.3 Å². The molecule has 2 amide bonds. The number of hydrogen-bond donors (Lipinski definition) is 3. The Morgan fingerprint density at radius 3 is 2.44 bits per heavy atom. The molecule has 2 aromatic heterocycles. The first-order chi connectivity index (χ1) is 21.7. The molecule has 232 valence electrons. The van der Waals surface area contributed by atoms with E-state index in [1.807, 2.05) is 73.7 Å². The SMILES string of the molecule is Cc1ccc(-n2nc(C(C)(C)C)cc2NC(=O)Nc2ccccc2C(C(=O)Cc2csc3ccccc23)C2CCNCC2)cc1. The first-order valence-corrected chi connectivity index (χ1v) is 16.6. The Morgan fingerprint density at radius 2 is 1.69 bits per heavy atom. The number of para-hydroxylation sites is 1. The quantitative estimate of drug-likeness (QED) is 0.163. The lowest BCUT2D eigenvalue weighted by Gasteiger charge is -2.31. The van der Waals surface area contributed by atoms with Crippen LogP contribution in [0, 0.1) is 12.8 Å². The number of benzene rings is 3. The third-order valence-electron chi connectivity index (χ3n) is 8.67. The van der Waals surface area contributed by atoms with Gasteiger partial charge in [-0.05, 0) is 84.9 Å². The number of aryl methyl sites for hydroxylation is 1. The van der Waals surface area contributed by atoms with Gasteiger partial charge in [0.2, 0.25) is 0 Å². The molecule has 5 aromatic rings. The van der Waals surface area contributed by atoms with E-state index in [-0.39, 0.29) is 29.1 Å². The molecule has 8 heteroatoms. The van der Waals surface area contributed by atoms with E-state index >= 15 is 0 Å². The number of piperidine rings is 1. The van der Waals surface area contributed by atoms with Gasteiger partial charge in [0.25, 0.3) is 0 Å². The number of thiophene rings is 1. The highest BCUT2D eigenvalue weighted by Crippen LogP contribution is 2.38. The lowest BCUT2D eigenvalue weighted by atomic mass is 9.76. The van der Waals surface area contributed by atoms with Gasteiger partial charge in [-0.2, -0.15) is 5.10 Å². The molecule has 3 N–H and O–H groups in total. The third-order valence-corrected chi connectivity index (χ3v) is 9.68. The van der Waals surface area contributed by atoms with Gasteiger partial charge in [-0.3, -0.25) is 10.1 Å². The highest BCUT2D eigenvalue weighted by atomic mass is 32.1. The Hall–Kier alpha value is -4.27. The van der Waals surface area contributed by atoms with E-state index in [1.54, 1.807) is 16.0 Å². The third kappa shape index (κ3) is 6.87. The number of ketones is 1. The minimum absolute atomic E-state index is 0.187. The average Bonchev–Trinajstić information content (AvgIpc) is 3.64. The number of urea groups is 1. The van der Waals surface area contributed by atoms with E-state index in [4.69, 9.17) is 5.10 Å². The molecular weight excluding hydrogens is 579 g/mol. The molecule has 6 rings (SSSR count). The Labute approximate surface area is 269 Å². The summed E-state index contributed by atoms with van der Waals surface area (Å²) in [5.74, 6) is 0.626. The smallest absolute Gasteiger partial charge is 0.317 e. The molecule has 0 bridgehead atoms. The van der Waals surface area contributed by atoms with Crippen molar-refractivity contribution in [1.29, 1.82) is 0 Å². The number of carbonyl (C=O) groups excluding carboxylic acids is 2. The van der Waals surface area contributed by atoms with Crippen molar-refractivity contribution in [3.05, 3.63) is 107 Å². The first-order valence-electron chi connectivity index (χ1n) is 15.7. The van der Waals surface area contributed by atoms with Crippen molar-refractivity contribution in [2.24, 2.45) is 5.92 Å². The van der Waals surface area contributed by atoms with Gasteiger partial charge in [-0.1, -0.05) is 74.9 Å². The van der Waals surface area contributed by atoms with Crippen molar-refractivity contribution in [2.75, 3.05) is 23.7 Å². The summed E-state index contributed by atoms with van der Waals surface area (Å²) in [7, 11) is 0. The van der Waals surface area contributed by atoms with Crippen molar-refractivity contribution in [1.82, 2.24) is 15.1 Å². The first kappa shape index (κ1) is 30.7. The summed E-state index contributed by atoms with van der Waals surface area (Å²) < 4.78 is 2.97. The van der Waals surface area contributed by atoms with Gasteiger partial charge in [-0.15, -0.1) is 11.3 Å². The Balaban J connectivity index is 1.29. The van der Waals surface area contributed by atoms with Gasteiger partial charge in [0.1, 0.15) is 11.6 Å². The summed E-state index contributed by atoms with van der Waals surface area (Å²) in [5, 5.41) is 17.7. The van der Waals surface area contributed by atoms with Crippen molar-refractivity contribution in [2.45, 2.75) is 58.3 Å². The number of nitrogens with zero attached hydrogens (tertiary/aromatic N) is 2. The van der Waals surface area contributed by atoms with Gasteiger partial charge >= 0.3 is 6.03 Å². The van der Waals surface area contributed by atoms with Gasteiger partial charge in [-0.25, -0.2) is 9.48 Å². The molecule has 1 unspecified atom stereocenters.